The first-order chi connectivity index (χ1) is 3.31. The van der Waals surface area contributed by atoms with Crippen LogP contribution in [0.1, 0.15) is 20.3 Å². The highest BCUT2D eigenvalue weighted by Gasteiger charge is 1.79. The number of rotatable bonds is 2. The summed E-state index contributed by atoms with van der Waals surface area (Å²) in [7, 11) is 0. The van der Waals surface area contributed by atoms with Crippen LogP contribution in [-0.4, -0.2) is 6.54 Å². The first kappa shape index (κ1) is 10.9. The molecule has 0 saturated carbocycles. The van der Waals surface area contributed by atoms with Crippen LogP contribution < -0.4 is 5.73 Å². The molecule has 0 radical (unpaired) electrons. The third-order valence-electron chi connectivity index (χ3n) is 1.03. The van der Waals surface area contributed by atoms with Gasteiger partial charge in [-0.05, 0) is 26.8 Å². The van der Waals surface area contributed by atoms with Crippen molar-refractivity contribution in [1.29, 1.82) is 0 Å². The molecule has 0 spiro atoms. The van der Waals surface area contributed by atoms with Gasteiger partial charge in [-0.15, -0.1) is 12.4 Å². The van der Waals surface area contributed by atoms with Crippen molar-refractivity contribution in [2.75, 3.05) is 6.54 Å². The molecule has 8 heavy (non-hydrogen) atoms. The summed E-state index contributed by atoms with van der Waals surface area (Å²) < 4.78 is 0. The lowest BCUT2D eigenvalue weighted by atomic mass is 10.2. The largest absolute Gasteiger partial charge is 0.330 e. The van der Waals surface area contributed by atoms with E-state index in [1.165, 1.54) is 5.57 Å². The molecule has 0 rings (SSSR count). The second kappa shape index (κ2) is 6.99. The molecule has 0 saturated heterocycles. The SMILES string of the molecule is C/C=C(\C)CCN.Cl. The normalized spacial score (nSPS) is 10.6. The molecule has 0 aromatic carbocycles. The zero-order valence-electron chi connectivity index (χ0n) is 5.48. The fourth-order valence-corrected chi connectivity index (χ4v) is 0.372. The molecule has 0 atom stereocenters. The van der Waals surface area contributed by atoms with Crippen LogP contribution in [0.25, 0.3) is 0 Å². The molecular weight excluding hydrogens is 122 g/mol. The van der Waals surface area contributed by atoms with Gasteiger partial charge >= 0.3 is 0 Å². The summed E-state index contributed by atoms with van der Waals surface area (Å²) >= 11 is 0. The third kappa shape index (κ3) is 5.99. The van der Waals surface area contributed by atoms with E-state index in [9.17, 15) is 0 Å². The van der Waals surface area contributed by atoms with Crippen molar-refractivity contribution in [2.45, 2.75) is 20.3 Å². The molecule has 0 aliphatic carbocycles. The third-order valence-corrected chi connectivity index (χ3v) is 1.03. The fraction of sp³-hybridized carbons (Fsp3) is 0.667. The van der Waals surface area contributed by atoms with Crippen molar-refractivity contribution < 1.29 is 0 Å². The Labute approximate surface area is 57.4 Å². The first-order valence-corrected chi connectivity index (χ1v) is 2.63. The highest BCUT2D eigenvalue weighted by Crippen LogP contribution is 1.94. The predicted molar refractivity (Wildman–Crippen MR) is 40.4 cm³/mol. The van der Waals surface area contributed by atoms with Crippen molar-refractivity contribution in [3.8, 4) is 0 Å². The highest BCUT2D eigenvalue weighted by molar-refractivity contribution is 5.85. The zero-order valence-corrected chi connectivity index (χ0v) is 6.29. The second-order valence-corrected chi connectivity index (χ2v) is 1.67. The Morgan fingerprint density at radius 3 is 2.25 bits per heavy atom. The lowest BCUT2D eigenvalue weighted by Crippen LogP contribution is -1.97. The molecule has 0 aliphatic heterocycles. The standard InChI is InChI=1S/C6H13N.ClH/c1-3-6(2)4-5-7;/h3H,4-5,7H2,1-2H3;1H/b6-3+;. The molecule has 0 aromatic heterocycles. The summed E-state index contributed by atoms with van der Waals surface area (Å²) in [6, 6.07) is 0. The molecule has 0 aliphatic rings. The maximum absolute atomic E-state index is 5.26. The molecule has 0 unspecified atom stereocenters. The van der Waals surface area contributed by atoms with E-state index in [1.807, 2.05) is 6.92 Å². The smallest absolute Gasteiger partial charge is 0.00401 e. The average molecular weight is 136 g/mol. The van der Waals surface area contributed by atoms with Crippen molar-refractivity contribution in [1.82, 2.24) is 0 Å². The maximum Gasteiger partial charge on any atom is -0.00401 e. The summed E-state index contributed by atoms with van der Waals surface area (Å²) in [5.74, 6) is 0. The van der Waals surface area contributed by atoms with E-state index < -0.39 is 0 Å². The van der Waals surface area contributed by atoms with Gasteiger partial charge < -0.3 is 5.73 Å². The lowest BCUT2D eigenvalue weighted by molar-refractivity contribution is 0.947. The molecular formula is C6H14ClN. The topological polar surface area (TPSA) is 26.0 Å². The van der Waals surface area contributed by atoms with Crippen LogP contribution in [0.5, 0.6) is 0 Å². The van der Waals surface area contributed by atoms with Crippen LogP contribution >= 0.6 is 12.4 Å². The first-order valence-electron chi connectivity index (χ1n) is 2.63. The van der Waals surface area contributed by atoms with E-state index in [0.29, 0.717) is 0 Å². The Balaban J connectivity index is 0. The maximum atomic E-state index is 5.26. The van der Waals surface area contributed by atoms with E-state index in [0.717, 1.165) is 13.0 Å². The van der Waals surface area contributed by atoms with Crippen LogP contribution in [0.15, 0.2) is 11.6 Å². The van der Waals surface area contributed by atoms with E-state index in [2.05, 4.69) is 13.0 Å². The van der Waals surface area contributed by atoms with E-state index in [4.69, 9.17) is 5.73 Å². The average Bonchev–Trinajstić information content (AvgIpc) is 1.68. The number of halogens is 1. The van der Waals surface area contributed by atoms with Gasteiger partial charge in [-0.1, -0.05) is 11.6 Å². The van der Waals surface area contributed by atoms with Gasteiger partial charge in [0, 0.05) is 0 Å². The summed E-state index contributed by atoms with van der Waals surface area (Å²) in [5, 5.41) is 0. The summed E-state index contributed by atoms with van der Waals surface area (Å²) in [5.41, 5.74) is 6.64. The molecule has 0 aromatic rings. The Hall–Kier alpha value is -0.0100. The Bertz CT molecular complexity index is 68.9. The molecule has 0 amide bonds. The number of hydrogen-bond donors (Lipinski definition) is 1. The summed E-state index contributed by atoms with van der Waals surface area (Å²) in [6.45, 7) is 4.90. The Morgan fingerprint density at radius 1 is 1.62 bits per heavy atom. The van der Waals surface area contributed by atoms with Gasteiger partial charge in [-0.25, -0.2) is 0 Å². The minimum absolute atomic E-state index is 0. The van der Waals surface area contributed by atoms with Crippen molar-refractivity contribution >= 4 is 12.4 Å². The molecule has 0 fully saturated rings. The van der Waals surface area contributed by atoms with Gasteiger partial charge in [0.1, 0.15) is 0 Å². The van der Waals surface area contributed by atoms with E-state index in [1.54, 1.807) is 0 Å². The molecule has 1 nitrogen and oxygen atoms in total. The van der Waals surface area contributed by atoms with E-state index >= 15 is 0 Å². The zero-order chi connectivity index (χ0) is 5.70. The minimum Gasteiger partial charge on any atom is -0.330 e. The van der Waals surface area contributed by atoms with Crippen molar-refractivity contribution in [3.05, 3.63) is 11.6 Å². The Morgan fingerprint density at radius 2 is 2.12 bits per heavy atom. The molecule has 2 N–H and O–H groups in total. The van der Waals surface area contributed by atoms with Crippen molar-refractivity contribution in [2.24, 2.45) is 5.73 Å². The molecule has 0 heterocycles. The van der Waals surface area contributed by atoms with Gasteiger partial charge in [0.05, 0.1) is 0 Å². The van der Waals surface area contributed by atoms with Crippen LogP contribution in [-0.2, 0) is 0 Å². The summed E-state index contributed by atoms with van der Waals surface area (Å²) in [6.07, 6.45) is 3.13. The second-order valence-electron chi connectivity index (χ2n) is 1.67. The number of allylic oxidation sites excluding steroid dienone is 1. The highest BCUT2D eigenvalue weighted by atomic mass is 35.5. The molecule has 2 heteroatoms. The van der Waals surface area contributed by atoms with Gasteiger partial charge in [-0.2, -0.15) is 0 Å². The van der Waals surface area contributed by atoms with Crippen LogP contribution in [0.3, 0.4) is 0 Å². The van der Waals surface area contributed by atoms with E-state index in [-0.39, 0.29) is 12.4 Å². The quantitative estimate of drug-likeness (QED) is 0.574. The molecule has 0 bridgehead atoms. The lowest BCUT2D eigenvalue weighted by Gasteiger charge is -1.91. The van der Waals surface area contributed by atoms with Crippen LogP contribution in [0.4, 0.5) is 0 Å². The van der Waals surface area contributed by atoms with Gasteiger partial charge in [0.15, 0.2) is 0 Å². The predicted octanol–water partition coefficient (Wildman–Crippen LogP) is 1.72. The number of nitrogens with two attached hydrogens (primary N) is 1. The van der Waals surface area contributed by atoms with Crippen molar-refractivity contribution in [3.63, 3.8) is 0 Å². The van der Waals surface area contributed by atoms with Gasteiger partial charge in [-0.3, -0.25) is 0 Å². The van der Waals surface area contributed by atoms with Crippen LogP contribution in [0.2, 0.25) is 0 Å². The summed E-state index contributed by atoms with van der Waals surface area (Å²) in [4.78, 5) is 0. The van der Waals surface area contributed by atoms with Crippen LogP contribution in [0, 0.1) is 0 Å². The van der Waals surface area contributed by atoms with Gasteiger partial charge in [0.25, 0.3) is 0 Å². The fourth-order valence-electron chi connectivity index (χ4n) is 0.372. The number of hydrogen-bond acceptors (Lipinski definition) is 1. The Kier molecular flexibility index (Phi) is 9.51. The monoisotopic (exact) mass is 135 g/mol. The van der Waals surface area contributed by atoms with Gasteiger partial charge in [0.2, 0.25) is 0 Å². The molecule has 50 valence electrons. The minimum atomic E-state index is 0.